The van der Waals surface area contributed by atoms with Crippen LogP contribution >= 0.6 is 0 Å². The molecule has 2 heterocycles. The number of nitriles is 2. The molecule has 3 aliphatic rings. The van der Waals surface area contributed by atoms with Gasteiger partial charge in [0.05, 0.1) is 30.3 Å². The molecule has 2 aliphatic heterocycles. The molecule has 2 aromatic rings. The summed E-state index contributed by atoms with van der Waals surface area (Å²) < 4.78 is 12.0. The Morgan fingerprint density at radius 2 is 1.69 bits per heavy atom. The van der Waals surface area contributed by atoms with Crippen LogP contribution in [0.2, 0.25) is 0 Å². The van der Waals surface area contributed by atoms with E-state index in [0.717, 1.165) is 16.7 Å². The van der Waals surface area contributed by atoms with E-state index in [1.54, 1.807) is 0 Å². The van der Waals surface area contributed by atoms with Crippen LogP contribution < -0.4 is 10.7 Å². The number of amidine groups is 1. The molecular weight excluding hydrogens is 364 g/mol. The number of ether oxygens (including phenoxy) is 2. The predicted molar refractivity (Wildman–Crippen MR) is 105 cm³/mol. The number of nitrogens with one attached hydrogen (secondary N) is 1. The minimum absolute atomic E-state index is 0.208. The van der Waals surface area contributed by atoms with E-state index in [2.05, 4.69) is 17.1 Å². The van der Waals surface area contributed by atoms with Gasteiger partial charge in [0.25, 0.3) is 5.84 Å². The summed E-state index contributed by atoms with van der Waals surface area (Å²) in [6, 6.07) is 22.7. The fourth-order valence-electron chi connectivity index (χ4n) is 5.56. The van der Waals surface area contributed by atoms with Crippen LogP contribution in [0.25, 0.3) is 11.1 Å². The van der Waals surface area contributed by atoms with Gasteiger partial charge in [0.1, 0.15) is 0 Å². The monoisotopic (exact) mass is 385 g/mol. The minimum atomic E-state index is -1.42. The molecular formula is C23H21N4O2+. The van der Waals surface area contributed by atoms with Gasteiger partial charge in [-0.2, -0.15) is 10.5 Å². The largest absolute Gasteiger partial charge is 0.344 e. The zero-order chi connectivity index (χ0) is 20.5. The lowest BCUT2D eigenvalue weighted by Gasteiger charge is -2.27. The zero-order valence-corrected chi connectivity index (χ0v) is 16.3. The molecule has 5 rings (SSSR count). The van der Waals surface area contributed by atoms with Crippen molar-refractivity contribution in [1.29, 1.82) is 10.5 Å². The average Bonchev–Trinajstić information content (AvgIpc) is 2.92. The summed E-state index contributed by atoms with van der Waals surface area (Å²) >= 11 is 0. The Morgan fingerprint density at radius 3 is 2.24 bits per heavy atom. The van der Waals surface area contributed by atoms with Crippen LogP contribution in [0.5, 0.6) is 0 Å². The molecule has 2 fully saturated rings. The molecule has 0 aromatic heterocycles. The average molecular weight is 385 g/mol. The van der Waals surface area contributed by atoms with Gasteiger partial charge in [-0.15, -0.1) is 0 Å². The van der Waals surface area contributed by atoms with Crippen molar-refractivity contribution in [1.82, 2.24) is 0 Å². The van der Waals surface area contributed by atoms with Gasteiger partial charge in [0, 0.05) is 0 Å². The molecule has 29 heavy (non-hydrogen) atoms. The fraction of sp³-hybridized carbons (Fsp3) is 0.348. The lowest BCUT2D eigenvalue weighted by molar-refractivity contribution is -0.679. The maximum atomic E-state index is 10.4. The van der Waals surface area contributed by atoms with Crippen LogP contribution in [0.4, 0.5) is 0 Å². The van der Waals surface area contributed by atoms with Crippen molar-refractivity contribution < 1.29 is 14.5 Å². The van der Waals surface area contributed by atoms with E-state index in [0.29, 0.717) is 6.61 Å². The number of nitrogens with two attached hydrogens (primary N) is 1. The molecule has 2 aromatic carbocycles. The Balaban J connectivity index is 1.65. The molecule has 5 atom stereocenters. The normalized spacial score (nSPS) is 39.4. The second-order valence-corrected chi connectivity index (χ2v) is 8.19. The SMILES string of the molecule is C[C@@H]1CO[C@@]2([NH+]=C(N)[C@@]3(C#N)[C@](C)(c4ccc(-c5ccccc5)cc4)[C@@]23C#N)O1. The third-order valence-electron chi connectivity index (χ3n) is 6.99. The first-order valence-electron chi connectivity index (χ1n) is 9.64. The predicted octanol–water partition coefficient (Wildman–Crippen LogP) is 1.19. The highest BCUT2D eigenvalue weighted by Gasteiger charge is 3.03. The number of rotatable bonds is 2. The summed E-state index contributed by atoms with van der Waals surface area (Å²) in [5, 5.41) is 20.6. The Kier molecular flexibility index (Phi) is 3.36. The van der Waals surface area contributed by atoms with E-state index in [1.165, 1.54) is 0 Å². The van der Waals surface area contributed by atoms with Crippen LogP contribution in [0, 0.1) is 33.5 Å². The van der Waals surface area contributed by atoms with Gasteiger partial charge in [0.2, 0.25) is 0 Å². The van der Waals surface area contributed by atoms with E-state index < -0.39 is 22.2 Å². The molecule has 1 spiro atoms. The van der Waals surface area contributed by atoms with Gasteiger partial charge in [-0.3, -0.25) is 5.73 Å². The molecule has 0 radical (unpaired) electrons. The van der Waals surface area contributed by atoms with E-state index in [9.17, 15) is 10.5 Å². The van der Waals surface area contributed by atoms with Gasteiger partial charge >= 0.3 is 5.91 Å². The smallest absolute Gasteiger partial charge is 0.311 e. The van der Waals surface area contributed by atoms with E-state index in [1.807, 2.05) is 68.4 Å². The van der Waals surface area contributed by atoms with Crippen molar-refractivity contribution in [3.8, 4) is 23.3 Å². The van der Waals surface area contributed by atoms with Crippen molar-refractivity contribution in [3.05, 3.63) is 60.2 Å². The number of hydrogen-bond donors (Lipinski definition) is 2. The van der Waals surface area contributed by atoms with Gasteiger partial charge in [-0.25, -0.2) is 4.99 Å². The summed E-state index contributed by atoms with van der Waals surface area (Å²) in [6.45, 7) is 4.11. The van der Waals surface area contributed by atoms with Gasteiger partial charge in [-0.05, 0) is 23.6 Å². The molecule has 1 saturated heterocycles. The molecule has 1 aliphatic carbocycles. The summed E-state index contributed by atoms with van der Waals surface area (Å²) in [5.41, 5.74) is 5.95. The third kappa shape index (κ3) is 1.71. The topological polar surface area (TPSA) is 106 Å². The fourth-order valence-corrected chi connectivity index (χ4v) is 5.56. The number of hydrogen-bond acceptors (Lipinski definition) is 5. The molecule has 6 nitrogen and oxygen atoms in total. The van der Waals surface area contributed by atoms with Crippen LogP contribution in [-0.2, 0) is 14.9 Å². The molecule has 0 unspecified atom stereocenters. The summed E-state index contributed by atoms with van der Waals surface area (Å²) in [4.78, 5) is 3.01. The Bertz CT molecular complexity index is 1120. The molecule has 6 heteroatoms. The lowest BCUT2D eigenvalue weighted by atomic mass is 9.84. The summed E-state index contributed by atoms with van der Waals surface area (Å²) in [5.74, 6) is -1.20. The highest BCUT2D eigenvalue weighted by molar-refractivity contribution is 5.97. The van der Waals surface area contributed by atoms with Crippen molar-refractivity contribution in [3.63, 3.8) is 0 Å². The first kappa shape index (κ1) is 17.9. The number of benzene rings is 2. The van der Waals surface area contributed by atoms with Gasteiger partial charge in [0.15, 0.2) is 10.8 Å². The number of fused-ring (bicyclic) bond motifs is 2. The summed E-state index contributed by atoms with van der Waals surface area (Å²) in [7, 11) is 0. The Morgan fingerprint density at radius 1 is 1.03 bits per heavy atom. The van der Waals surface area contributed by atoms with Crippen molar-refractivity contribution in [2.75, 3.05) is 6.61 Å². The standard InChI is InChI=1S/C23H20N4O2/c1-15-12-28-23(29-15)22(14-25)20(2,21(22,13-24)19(26)27-23)18-10-8-17(9-11-18)16-6-4-3-5-7-16/h3-11,15H,12H2,1-2H3,(H2,26,27)/p+1/t15-,20+,21+,22-,23-/m1/s1. The Labute approximate surface area is 169 Å². The van der Waals surface area contributed by atoms with Crippen molar-refractivity contribution in [2.24, 2.45) is 16.6 Å². The number of nitrogens with zero attached hydrogens (tertiary/aromatic N) is 2. The second-order valence-electron chi connectivity index (χ2n) is 8.19. The maximum absolute atomic E-state index is 10.4. The van der Waals surface area contributed by atoms with E-state index in [-0.39, 0.29) is 11.9 Å². The quantitative estimate of drug-likeness (QED) is 0.808. The highest BCUT2D eigenvalue weighted by Crippen LogP contribution is 2.82. The minimum Gasteiger partial charge on any atom is -0.311 e. The zero-order valence-electron chi connectivity index (χ0n) is 16.3. The van der Waals surface area contributed by atoms with E-state index >= 15 is 0 Å². The Hall–Kier alpha value is -3.19. The lowest BCUT2D eigenvalue weighted by Crippen LogP contribution is -2.90. The van der Waals surface area contributed by atoms with Gasteiger partial charge < -0.3 is 9.47 Å². The van der Waals surface area contributed by atoms with Crippen LogP contribution in [0.3, 0.4) is 0 Å². The molecule has 144 valence electrons. The second kappa shape index (κ2) is 5.45. The third-order valence-corrected chi connectivity index (χ3v) is 6.99. The van der Waals surface area contributed by atoms with Crippen molar-refractivity contribution in [2.45, 2.75) is 31.3 Å². The maximum Gasteiger partial charge on any atom is 0.344 e. The molecule has 1 saturated carbocycles. The molecule has 3 N–H and O–H groups in total. The van der Waals surface area contributed by atoms with Crippen LogP contribution in [0.15, 0.2) is 54.6 Å². The van der Waals surface area contributed by atoms with Crippen molar-refractivity contribution >= 4 is 5.84 Å². The first-order valence-corrected chi connectivity index (χ1v) is 9.64. The summed E-state index contributed by atoms with van der Waals surface area (Å²) in [6.07, 6.45) is -0.208. The van der Waals surface area contributed by atoms with Crippen LogP contribution in [-0.4, -0.2) is 24.5 Å². The highest BCUT2D eigenvalue weighted by atomic mass is 16.8. The molecule has 0 bridgehead atoms. The first-order chi connectivity index (χ1) is 13.9. The van der Waals surface area contributed by atoms with Crippen LogP contribution in [0.1, 0.15) is 19.4 Å². The van der Waals surface area contributed by atoms with Gasteiger partial charge in [-0.1, -0.05) is 61.5 Å². The molecule has 0 amide bonds. The van der Waals surface area contributed by atoms with E-state index in [4.69, 9.17) is 15.2 Å².